The van der Waals surface area contributed by atoms with E-state index in [4.69, 9.17) is 22.1 Å². The van der Waals surface area contributed by atoms with Gasteiger partial charge >= 0.3 is 6.18 Å². The largest absolute Gasteiger partial charge is 0.489 e. The van der Waals surface area contributed by atoms with E-state index in [2.05, 4.69) is 0 Å². The Kier molecular flexibility index (Phi) is 4.75. The van der Waals surface area contributed by atoms with E-state index in [0.29, 0.717) is 22.9 Å². The summed E-state index contributed by atoms with van der Waals surface area (Å²) >= 11 is 5.99. The van der Waals surface area contributed by atoms with Gasteiger partial charge in [0.25, 0.3) is 0 Å². The lowest BCUT2D eigenvalue weighted by atomic mass is 10.1. The lowest BCUT2D eigenvalue weighted by Crippen LogP contribution is -2.06. The predicted octanol–water partition coefficient (Wildman–Crippen LogP) is 4.40. The van der Waals surface area contributed by atoms with E-state index in [0.717, 1.165) is 17.7 Å². The highest BCUT2D eigenvalue weighted by Gasteiger charge is 2.30. The maximum atomic E-state index is 12.6. The summed E-state index contributed by atoms with van der Waals surface area (Å²) < 4.78 is 43.2. The van der Waals surface area contributed by atoms with Crippen molar-refractivity contribution < 1.29 is 17.9 Å². The van der Waals surface area contributed by atoms with Gasteiger partial charge in [0.2, 0.25) is 0 Å². The molecular formula is C15H13ClF3NO. The molecule has 2 aromatic carbocycles. The average molecular weight is 316 g/mol. The summed E-state index contributed by atoms with van der Waals surface area (Å²) in [6.07, 6.45) is -4.36. The Hall–Kier alpha value is -1.72. The number of benzene rings is 2. The van der Waals surface area contributed by atoms with E-state index < -0.39 is 11.7 Å². The highest BCUT2D eigenvalue weighted by molar-refractivity contribution is 6.31. The molecule has 0 amide bonds. The molecule has 0 saturated carbocycles. The van der Waals surface area contributed by atoms with Gasteiger partial charge in [-0.15, -0.1) is 0 Å². The molecule has 0 aromatic heterocycles. The first-order valence-electron chi connectivity index (χ1n) is 6.17. The van der Waals surface area contributed by atoms with Crippen LogP contribution in [0, 0.1) is 0 Å². The fourth-order valence-corrected chi connectivity index (χ4v) is 2.04. The SMILES string of the molecule is NCc1ccc(OCc2cccc(C(F)(F)F)c2)cc1Cl. The Morgan fingerprint density at radius 3 is 2.48 bits per heavy atom. The summed E-state index contributed by atoms with van der Waals surface area (Å²) in [5.74, 6) is 0.481. The van der Waals surface area contributed by atoms with Crippen LogP contribution in [0.15, 0.2) is 42.5 Å². The molecule has 21 heavy (non-hydrogen) atoms. The molecule has 112 valence electrons. The summed E-state index contributed by atoms with van der Waals surface area (Å²) in [7, 11) is 0. The third-order valence-corrected chi connectivity index (χ3v) is 3.26. The van der Waals surface area contributed by atoms with Gasteiger partial charge in [-0.25, -0.2) is 0 Å². The number of nitrogens with two attached hydrogens (primary N) is 1. The topological polar surface area (TPSA) is 35.2 Å². The maximum Gasteiger partial charge on any atom is 0.416 e. The first kappa shape index (κ1) is 15.7. The summed E-state index contributed by atoms with van der Waals surface area (Å²) in [4.78, 5) is 0. The smallest absolute Gasteiger partial charge is 0.416 e. The number of rotatable bonds is 4. The monoisotopic (exact) mass is 315 g/mol. The van der Waals surface area contributed by atoms with Gasteiger partial charge in [0.15, 0.2) is 0 Å². The minimum atomic E-state index is -4.36. The second kappa shape index (κ2) is 6.37. The molecule has 0 heterocycles. The number of halogens is 4. The molecule has 0 bridgehead atoms. The first-order valence-corrected chi connectivity index (χ1v) is 6.55. The molecule has 0 aliphatic heterocycles. The molecule has 0 radical (unpaired) electrons. The van der Waals surface area contributed by atoms with Crippen molar-refractivity contribution in [3.05, 3.63) is 64.2 Å². The van der Waals surface area contributed by atoms with Gasteiger partial charge in [-0.05, 0) is 35.4 Å². The highest BCUT2D eigenvalue weighted by atomic mass is 35.5. The summed E-state index contributed by atoms with van der Waals surface area (Å²) in [6, 6.07) is 10.0. The van der Waals surface area contributed by atoms with Crippen LogP contribution < -0.4 is 10.5 Å². The quantitative estimate of drug-likeness (QED) is 0.907. The van der Waals surface area contributed by atoms with Crippen LogP contribution in [0.3, 0.4) is 0 Å². The molecule has 0 fully saturated rings. The van der Waals surface area contributed by atoms with Gasteiger partial charge in [-0.1, -0.05) is 29.8 Å². The molecule has 6 heteroatoms. The van der Waals surface area contributed by atoms with Crippen LogP contribution in [0.1, 0.15) is 16.7 Å². The summed E-state index contributed by atoms with van der Waals surface area (Å²) in [5.41, 5.74) is 6.01. The fourth-order valence-electron chi connectivity index (χ4n) is 1.79. The predicted molar refractivity (Wildman–Crippen MR) is 75.1 cm³/mol. The fraction of sp³-hybridized carbons (Fsp3) is 0.200. The summed E-state index contributed by atoms with van der Waals surface area (Å²) in [6.45, 7) is 0.342. The first-order chi connectivity index (χ1) is 9.90. The van der Waals surface area contributed by atoms with Crippen LogP contribution in [-0.4, -0.2) is 0 Å². The van der Waals surface area contributed by atoms with Crippen molar-refractivity contribution in [1.82, 2.24) is 0 Å². The minimum Gasteiger partial charge on any atom is -0.489 e. The Bertz CT molecular complexity index is 629. The second-order valence-electron chi connectivity index (χ2n) is 4.44. The average Bonchev–Trinajstić information content (AvgIpc) is 2.45. The minimum absolute atomic E-state index is 0.0300. The lowest BCUT2D eigenvalue weighted by molar-refractivity contribution is -0.137. The van der Waals surface area contributed by atoms with Crippen LogP contribution >= 0.6 is 11.6 Å². The Balaban J connectivity index is 2.08. The van der Waals surface area contributed by atoms with E-state index in [9.17, 15) is 13.2 Å². The third kappa shape index (κ3) is 4.12. The molecule has 0 saturated heterocycles. The molecule has 0 unspecified atom stereocenters. The normalized spacial score (nSPS) is 11.5. The standard InChI is InChI=1S/C15H13ClF3NO/c16-14-7-13(5-4-11(14)8-20)21-9-10-2-1-3-12(6-10)15(17,18)19/h1-7H,8-9,20H2. The van der Waals surface area contributed by atoms with Crippen LogP contribution in [-0.2, 0) is 19.3 Å². The van der Waals surface area contributed by atoms with Gasteiger partial charge in [-0.2, -0.15) is 13.2 Å². The molecule has 0 aliphatic rings. The highest BCUT2D eigenvalue weighted by Crippen LogP contribution is 2.30. The summed E-state index contributed by atoms with van der Waals surface area (Å²) in [5, 5.41) is 0.471. The van der Waals surface area contributed by atoms with Crippen molar-refractivity contribution in [3.8, 4) is 5.75 Å². The van der Waals surface area contributed by atoms with Crippen LogP contribution in [0.4, 0.5) is 13.2 Å². The Morgan fingerprint density at radius 2 is 1.86 bits per heavy atom. The van der Waals surface area contributed by atoms with E-state index in [1.54, 1.807) is 24.3 Å². The van der Waals surface area contributed by atoms with Crippen molar-refractivity contribution in [3.63, 3.8) is 0 Å². The van der Waals surface area contributed by atoms with Gasteiger partial charge < -0.3 is 10.5 Å². The zero-order chi connectivity index (χ0) is 15.5. The van der Waals surface area contributed by atoms with Crippen molar-refractivity contribution >= 4 is 11.6 Å². The zero-order valence-corrected chi connectivity index (χ0v) is 11.7. The van der Waals surface area contributed by atoms with Crippen molar-refractivity contribution in [2.45, 2.75) is 19.3 Å². The van der Waals surface area contributed by atoms with Crippen LogP contribution in [0.25, 0.3) is 0 Å². The van der Waals surface area contributed by atoms with Gasteiger partial charge in [0.1, 0.15) is 12.4 Å². The lowest BCUT2D eigenvalue weighted by Gasteiger charge is -2.11. The van der Waals surface area contributed by atoms with Crippen molar-refractivity contribution in [2.24, 2.45) is 5.73 Å². The molecule has 2 aromatic rings. The second-order valence-corrected chi connectivity index (χ2v) is 4.85. The molecule has 0 aliphatic carbocycles. The van der Waals surface area contributed by atoms with Crippen LogP contribution in [0.2, 0.25) is 5.02 Å². The third-order valence-electron chi connectivity index (χ3n) is 2.90. The van der Waals surface area contributed by atoms with E-state index in [1.165, 1.54) is 6.07 Å². The van der Waals surface area contributed by atoms with Crippen molar-refractivity contribution in [2.75, 3.05) is 0 Å². The maximum absolute atomic E-state index is 12.6. The molecule has 0 spiro atoms. The Labute approximate surface area is 125 Å². The molecular weight excluding hydrogens is 303 g/mol. The molecule has 0 atom stereocenters. The molecule has 2 nitrogen and oxygen atoms in total. The van der Waals surface area contributed by atoms with Gasteiger partial charge in [0.05, 0.1) is 5.56 Å². The van der Waals surface area contributed by atoms with Crippen molar-refractivity contribution in [1.29, 1.82) is 0 Å². The van der Waals surface area contributed by atoms with Crippen LogP contribution in [0.5, 0.6) is 5.75 Å². The number of hydrogen-bond acceptors (Lipinski definition) is 2. The van der Waals surface area contributed by atoms with E-state index in [-0.39, 0.29) is 6.61 Å². The van der Waals surface area contributed by atoms with E-state index >= 15 is 0 Å². The molecule has 2 N–H and O–H groups in total. The number of alkyl halides is 3. The van der Waals surface area contributed by atoms with E-state index in [1.807, 2.05) is 0 Å². The van der Waals surface area contributed by atoms with Gasteiger partial charge in [0, 0.05) is 11.6 Å². The van der Waals surface area contributed by atoms with Gasteiger partial charge in [-0.3, -0.25) is 0 Å². The number of ether oxygens (including phenoxy) is 1. The Morgan fingerprint density at radius 1 is 1.10 bits per heavy atom. The molecule has 2 rings (SSSR count). The number of hydrogen-bond donors (Lipinski definition) is 1. The zero-order valence-electron chi connectivity index (χ0n) is 11.0.